The molecule has 3 aromatic rings. The molecule has 2 aromatic carbocycles. The fourth-order valence-corrected chi connectivity index (χ4v) is 3.20. The van der Waals surface area contributed by atoms with Crippen LogP contribution in [0.15, 0.2) is 66.0 Å². The minimum Gasteiger partial charge on any atom is -0.349 e. The monoisotopic (exact) mass is 365 g/mol. The third-order valence-electron chi connectivity index (χ3n) is 3.73. The Morgan fingerprint density at radius 3 is 2.38 bits per heavy atom. The molecule has 1 heterocycles. The Labute approximate surface area is 156 Å². The van der Waals surface area contributed by atoms with Crippen LogP contribution in [-0.2, 0) is 4.79 Å². The van der Waals surface area contributed by atoms with Gasteiger partial charge in [0.15, 0.2) is 5.13 Å². The highest BCUT2D eigenvalue weighted by atomic mass is 32.1. The van der Waals surface area contributed by atoms with E-state index < -0.39 is 0 Å². The number of aromatic nitrogens is 1. The zero-order valence-corrected chi connectivity index (χ0v) is 15.1. The quantitative estimate of drug-likeness (QED) is 0.695. The molecule has 6 heteroatoms. The molecule has 2 N–H and O–H groups in total. The fraction of sp³-hybridized carbons (Fsp3) is 0.150. The summed E-state index contributed by atoms with van der Waals surface area (Å²) in [5.74, 6) is -0.369. The molecule has 0 aliphatic rings. The summed E-state index contributed by atoms with van der Waals surface area (Å²) in [5, 5.41) is 8.08. The summed E-state index contributed by atoms with van der Waals surface area (Å²) in [6.45, 7) is 1.80. The van der Waals surface area contributed by atoms with Crippen LogP contribution in [0.4, 0.5) is 5.13 Å². The van der Waals surface area contributed by atoms with Gasteiger partial charge in [0, 0.05) is 29.0 Å². The lowest BCUT2D eigenvalue weighted by atomic mass is 10.1. The van der Waals surface area contributed by atoms with E-state index in [9.17, 15) is 9.59 Å². The number of nitrogens with one attached hydrogen (secondary N) is 2. The predicted octanol–water partition coefficient (Wildman–Crippen LogP) is 3.96. The van der Waals surface area contributed by atoms with E-state index in [0.717, 1.165) is 11.3 Å². The lowest BCUT2D eigenvalue weighted by Crippen LogP contribution is -2.35. The fourth-order valence-electron chi connectivity index (χ4n) is 2.47. The highest BCUT2D eigenvalue weighted by Crippen LogP contribution is 2.24. The Kier molecular flexibility index (Phi) is 5.76. The van der Waals surface area contributed by atoms with E-state index in [-0.39, 0.29) is 24.3 Å². The van der Waals surface area contributed by atoms with Gasteiger partial charge in [0.25, 0.3) is 5.91 Å². The van der Waals surface area contributed by atoms with Gasteiger partial charge in [-0.05, 0) is 19.1 Å². The normalized spacial score (nSPS) is 11.6. The second-order valence-electron chi connectivity index (χ2n) is 5.90. The van der Waals surface area contributed by atoms with E-state index in [0.29, 0.717) is 10.7 Å². The molecule has 1 atom stereocenters. The van der Waals surface area contributed by atoms with Crippen molar-refractivity contribution in [1.29, 1.82) is 0 Å². The van der Waals surface area contributed by atoms with Crippen LogP contribution in [0.2, 0.25) is 0 Å². The average molecular weight is 365 g/mol. The van der Waals surface area contributed by atoms with Gasteiger partial charge in [-0.15, -0.1) is 11.3 Å². The molecule has 0 saturated carbocycles. The van der Waals surface area contributed by atoms with Gasteiger partial charge in [-0.3, -0.25) is 9.59 Å². The number of hydrogen-bond acceptors (Lipinski definition) is 4. The molecule has 3 rings (SSSR count). The first-order valence-corrected chi connectivity index (χ1v) is 9.16. The number of thiazole rings is 1. The molecular formula is C20H19N3O2S. The Bertz CT molecular complexity index is 878. The third-order valence-corrected chi connectivity index (χ3v) is 4.48. The van der Waals surface area contributed by atoms with E-state index in [2.05, 4.69) is 15.6 Å². The number of carbonyl (C=O) groups excluding carboxylic acids is 2. The van der Waals surface area contributed by atoms with Gasteiger partial charge in [-0.25, -0.2) is 4.98 Å². The molecule has 0 aliphatic heterocycles. The average Bonchev–Trinajstić information content (AvgIpc) is 3.11. The van der Waals surface area contributed by atoms with Gasteiger partial charge in [-0.2, -0.15) is 0 Å². The molecule has 2 amide bonds. The van der Waals surface area contributed by atoms with Gasteiger partial charge < -0.3 is 10.6 Å². The number of rotatable bonds is 6. The van der Waals surface area contributed by atoms with Crippen molar-refractivity contribution < 1.29 is 9.59 Å². The van der Waals surface area contributed by atoms with Crippen molar-refractivity contribution in [2.75, 3.05) is 5.32 Å². The molecule has 1 aromatic heterocycles. The topological polar surface area (TPSA) is 71.1 Å². The maximum Gasteiger partial charge on any atom is 0.251 e. The van der Waals surface area contributed by atoms with Crippen molar-refractivity contribution in [1.82, 2.24) is 10.3 Å². The maximum atomic E-state index is 12.2. The van der Waals surface area contributed by atoms with Gasteiger partial charge in [-0.1, -0.05) is 48.5 Å². The molecule has 132 valence electrons. The summed E-state index contributed by atoms with van der Waals surface area (Å²) >= 11 is 1.38. The summed E-state index contributed by atoms with van der Waals surface area (Å²) in [6, 6.07) is 18.5. The van der Waals surface area contributed by atoms with E-state index in [1.54, 1.807) is 31.2 Å². The van der Waals surface area contributed by atoms with Gasteiger partial charge in [0.1, 0.15) is 0 Å². The Balaban J connectivity index is 1.52. The number of anilines is 1. The summed E-state index contributed by atoms with van der Waals surface area (Å²) in [5.41, 5.74) is 2.41. The lowest BCUT2D eigenvalue weighted by molar-refractivity contribution is -0.116. The number of amides is 2. The van der Waals surface area contributed by atoms with Crippen LogP contribution in [-0.4, -0.2) is 22.8 Å². The van der Waals surface area contributed by atoms with Crippen LogP contribution in [0.3, 0.4) is 0 Å². The van der Waals surface area contributed by atoms with Crippen molar-refractivity contribution in [3.63, 3.8) is 0 Å². The molecule has 5 nitrogen and oxygen atoms in total. The number of benzene rings is 2. The second-order valence-corrected chi connectivity index (χ2v) is 6.75. The van der Waals surface area contributed by atoms with E-state index in [1.807, 2.05) is 41.8 Å². The Morgan fingerprint density at radius 2 is 1.69 bits per heavy atom. The third kappa shape index (κ3) is 4.77. The molecule has 0 saturated heterocycles. The Hall–Kier alpha value is -2.99. The van der Waals surface area contributed by atoms with Gasteiger partial charge in [0.05, 0.1) is 5.69 Å². The van der Waals surface area contributed by atoms with Gasteiger partial charge >= 0.3 is 0 Å². The minimum atomic E-state index is -0.281. The summed E-state index contributed by atoms with van der Waals surface area (Å²) < 4.78 is 0. The van der Waals surface area contributed by atoms with Crippen LogP contribution in [0, 0.1) is 0 Å². The highest BCUT2D eigenvalue weighted by Gasteiger charge is 2.14. The standard InChI is InChI=1S/C20H19N3O2S/c1-14(21-19(25)16-10-6-3-7-11-16)12-18(24)23-20-22-17(13-26-20)15-8-4-2-5-9-15/h2-11,13-14H,12H2,1H3,(H,21,25)(H,22,23,24)/t14-/m1/s1. The van der Waals surface area contributed by atoms with Gasteiger partial charge in [0.2, 0.25) is 5.91 Å². The molecule has 0 spiro atoms. The first-order chi connectivity index (χ1) is 12.6. The van der Waals surface area contributed by atoms with Crippen LogP contribution < -0.4 is 10.6 Å². The smallest absolute Gasteiger partial charge is 0.251 e. The zero-order chi connectivity index (χ0) is 18.4. The SMILES string of the molecule is C[C@H](CC(=O)Nc1nc(-c2ccccc2)cs1)NC(=O)c1ccccc1. The van der Waals surface area contributed by atoms with Crippen LogP contribution in [0.5, 0.6) is 0 Å². The van der Waals surface area contributed by atoms with Crippen LogP contribution >= 0.6 is 11.3 Å². The zero-order valence-electron chi connectivity index (χ0n) is 14.3. The van der Waals surface area contributed by atoms with Crippen molar-refractivity contribution in [2.45, 2.75) is 19.4 Å². The first-order valence-electron chi connectivity index (χ1n) is 8.28. The van der Waals surface area contributed by atoms with E-state index in [1.165, 1.54) is 11.3 Å². The Morgan fingerprint density at radius 1 is 1.04 bits per heavy atom. The van der Waals surface area contributed by atoms with E-state index >= 15 is 0 Å². The lowest BCUT2D eigenvalue weighted by Gasteiger charge is -2.13. The second kappa shape index (κ2) is 8.40. The minimum absolute atomic E-state index is 0.179. The predicted molar refractivity (Wildman–Crippen MR) is 104 cm³/mol. The summed E-state index contributed by atoms with van der Waals surface area (Å²) in [6.07, 6.45) is 0.179. The van der Waals surface area contributed by atoms with Crippen LogP contribution in [0.1, 0.15) is 23.7 Å². The van der Waals surface area contributed by atoms with E-state index in [4.69, 9.17) is 0 Å². The summed E-state index contributed by atoms with van der Waals surface area (Å²) in [7, 11) is 0. The van der Waals surface area contributed by atoms with Crippen LogP contribution in [0.25, 0.3) is 11.3 Å². The molecule has 0 bridgehead atoms. The molecule has 0 unspecified atom stereocenters. The molecule has 26 heavy (non-hydrogen) atoms. The molecule has 0 radical (unpaired) electrons. The van der Waals surface area contributed by atoms with Crippen molar-refractivity contribution in [3.05, 3.63) is 71.6 Å². The van der Waals surface area contributed by atoms with Crippen molar-refractivity contribution >= 4 is 28.3 Å². The number of carbonyl (C=O) groups is 2. The largest absolute Gasteiger partial charge is 0.349 e. The molecular weight excluding hydrogens is 346 g/mol. The van der Waals surface area contributed by atoms with Crippen molar-refractivity contribution in [2.24, 2.45) is 0 Å². The number of hydrogen-bond donors (Lipinski definition) is 2. The summed E-state index contributed by atoms with van der Waals surface area (Å²) in [4.78, 5) is 28.7. The maximum absolute atomic E-state index is 12.2. The molecule has 0 aliphatic carbocycles. The molecule has 0 fully saturated rings. The highest BCUT2D eigenvalue weighted by molar-refractivity contribution is 7.14. The van der Waals surface area contributed by atoms with Crippen molar-refractivity contribution in [3.8, 4) is 11.3 Å². The first kappa shape index (κ1) is 17.8. The number of nitrogens with zero attached hydrogens (tertiary/aromatic N) is 1.